The average molecular weight is 356 g/mol. The van der Waals surface area contributed by atoms with Crippen LogP contribution >= 0.6 is 0 Å². The van der Waals surface area contributed by atoms with Gasteiger partial charge in [-0.2, -0.15) is 13.2 Å². The number of pyridine rings is 1. The highest BCUT2D eigenvalue weighted by atomic mass is 19.4. The van der Waals surface area contributed by atoms with Crippen molar-refractivity contribution >= 4 is 5.91 Å². The summed E-state index contributed by atoms with van der Waals surface area (Å²) in [4.78, 5) is 15.9. The van der Waals surface area contributed by atoms with E-state index < -0.39 is 35.6 Å². The molecule has 1 unspecified atom stereocenters. The second-order valence-corrected chi connectivity index (χ2v) is 5.38. The Hall–Kier alpha value is -2.48. The van der Waals surface area contributed by atoms with Crippen LogP contribution in [0.1, 0.15) is 23.7 Å². The molecule has 1 heterocycles. The predicted octanol–water partition coefficient (Wildman–Crippen LogP) is 2.85. The molecule has 0 fully saturated rings. The van der Waals surface area contributed by atoms with Gasteiger partial charge >= 0.3 is 6.18 Å². The number of nitrogens with zero attached hydrogens (tertiary/aromatic N) is 1. The van der Waals surface area contributed by atoms with E-state index in [2.05, 4.69) is 4.98 Å². The van der Waals surface area contributed by atoms with Gasteiger partial charge in [-0.15, -0.1) is 0 Å². The highest BCUT2D eigenvalue weighted by Gasteiger charge is 2.60. The lowest BCUT2D eigenvalue weighted by atomic mass is 9.92. The van der Waals surface area contributed by atoms with Crippen molar-refractivity contribution in [2.45, 2.75) is 31.7 Å². The molecule has 2 rings (SSSR count). The first-order chi connectivity index (χ1) is 11.7. The number of carbonyl (C=O) groups is 1. The van der Waals surface area contributed by atoms with E-state index in [1.165, 1.54) is 24.3 Å². The standard InChI is InChI=1S/C17H16F4N2O2/c1-2-13-8-11(14(18)10-22-13)9-23-15(24)16(25,17(19,20)21)12-6-4-3-5-7-12/h3-8,10,25H,2,9H2,1H3,(H,23,24). The number of amides is 1. The Labute approximate surface area is 141 Å². The smallest absolute Gasteiger partial charge is 0.369 e. The minimum Gasteiger partial charge on any atom is -0.369 e. The molecule has 0 saturated heterocycles. The lowest BCUT2D eigenvalue weighted by Gasteiger charge is -2.29. The lowest BCUT2D eigenvalue weighted by Crippen LogP contribution is -2.54. The minimum absolute atomic E-state index is 0.0159. The molecule has 0 saturated carbocycles. The summed E-state index contributed by atoms with van der Waals surface area (Å²) >= 11 is 0. The summed E-state index contributed by atoms with van der Waals surface area (Å²) in [5.74, 6) is -2.44. The molecule has 134 valence electrons. The monoisotopic (exact) mass is 356 g/mol. The topological polar surface area (TPSA) is 62.2 Å². The van der Waals surface area contributed by atoms with Gasteiger partial charge in [0.1, 0.15) is 5.82 Å². The van der Waals surface area contributed by atoms with Gasteiger partial charge in [-0.3, -0.25) is 9.78 Å². The van der Waals surface area contributed by atoms with Crippen molar-refractivity contribution in [2.75, 3.05) is 0 Å². The number of aliphatic hydroxyl groups is 1. The number of hydrogen-bond acceptors (Lipinski definition) is 3. The van der Waals surface area contributed by atoms with Gasteiger partial charge in [0, 0.05) is 23.4 Å². The third-order valence-electron chi connectivity index (χ3n) is 3.72. The van der Waals surface area contributed by atoms with Gasteiger partial charge in [0.05, 0.1) is 6.20 Å². The predicted molar refractivity (Wildman–Crippen MR) is 81.8 cm³/mol. The van der Waals surface area contributed by atoms with Crippen molar-refractivity contribution in [2.24, 2.45) is 0 Å². The molecular formula is C17H16F4N2O2. The Morgan fingerprint density at radius 2 is 1.88 bits per heavy atom. The van der Waals surface area contributed by atoms with Crippen molar-refractivity contribution in [3.8, 4) is 0 Å². The van der Waals surface area contributed by atoms with Crippen molar-refractivity contribution in [1.82, 2.24) is 10.3 Å². The highest BCUT2D eigenvalue weighted by Crippen LogP contribution is 2.39. The van der Waals surface area contributed by atoms with Crippen LogP contribution in [0.4, 0.5) is 17.6 Å². The summed E-state index contributed by atoms with van der Waals surface area (Å²) < 4.78 is 53.8. The summed E-state index contributed by atoms with van der Waals surface area (Å²) in [5, 5.41) is 12.1. The van der Waals surface area contributed by atoms with Crippen LogP contribution in [0.25, 0.3) is 0 Å². The van der Waals surface area contributed by atoms with Gasteiger partial charge in [0.15, 0.2) is 0 Å². The number of benzene rings is 1. The zero-order chi connectivity index (χ0) is 18.7. The number of aromatic nitrogens is 1. The maximum Gasteiger partial charge on any atom is 0.430 e. The summed E-state index contributed by atoms with van der Waals surface area (Å²) in [6, 6.07) is 7.34. The Morgan fingerprint density at radius 3 is 2.44 bits per heavy atom. The lowest BCUT2D eigenvalue weighted by molar-refractivity contribution is -0.257. The maximum atomic E-state index is 13.7. The quantitative estimate of drug-likeness (QED) is 0.810. The average Bonchev–Trinajstić information content (AvgIpc) is 2.59. The van der Waals surface area contributed by atoms with Gasteiger partial charge in [0.2, 0.25) is 0 Å². The van der Waals surface area contributed by atoms with Crippen LogP contribution in [0.5, 0.6) is 0 Å². The zero-order valence-electron chi connectivity index (χ0n) is 13.3. The number of alkyl halides is 3. The van der Waals surface area contributed by atoms with E-state index in [0.717, 1.165) is 18.3 Å². The first kappa shape index (κ1) is 18.9. The molecule has 1 atom stereocenters. The van der Waals surface area contributed by atoms with Gasteiger partial charge in [-0.05, 0) is 12.5 Å². The molecule has 1 aromatic heterocycles. The number of halogens is 4. The molecular weight excluding hydrogens is 340 g/mol. The maximum absolute atomic E-state index is 13.7. The third kappa shape index (κ3) is 3.79. The summed E-state index contributed by atoms with van der Waals surface area (Å²) in [6.45, 7) is 1.27. The molecule has 1 amide bonds. The fourth-order valence-electron chi connectivity index (χ4n) is 2.26. The minimum atomic E-state index is -5.25. The SMILES string of the molecule is CCc1cc(CNC(=O)C(O)(c2ccccc2)C(F)(F)F)c(F)cn1. The number of aryl methyl sites for hydroxylation is 1. The second-order valence-electron chi connectivity index (χ2n) is 5.38. The molecule has 0 aliphatic carbocycles. The molecule has 0 bridgehead atoms. The van der Waals surface area contributed by atoms with Gasteiger partial charge in [-0.1, -0.05) is 37.3 Å². The summed E-state index contributed by atoms with van der Waals surface area (Å²) in [6.07, 6.45) is -3.81. The van der Waals surface area contributed by atoms with Crippen molar-refractivity contribution < 1.29 is 27.5 Å². The molecule has 2 aromatic rings. The normalized spacial score (nSPS) is 14.0. The molecule has 1 aromatic carbocycles. The fourth-order valence-corrected chi connectivity index (χ4v) is 2.26. The number of nitrogens with one attached hydrogen (secondary N) is 1. The van der Waals surface area contributed by atoms with E-state index in [1.54, 1.807) is 6.92 Å². The molecule has 4 nitrogen and oxygen atoms in total. The van der Waals surface area contributed by atoms with Gasteiger partial charge in [-0.25, -0.2) is 4.39 Å². The number of rotatable bonds is 5. The van der Waals surface area contributed by atoms with E-state index in [0.29, 0.717) is 12.1 Å². The van der Waals surface area contributed by atoms with Crippen LogP contribution in [0.2, 0.25) is 0 Å². The summed E-state index contributed by atoms with van der Waals surface area (Å²) in [5.41, 5.74) is -3.84. The first-order valence-corrected chi connectivity index (χ1v) is 7.46. The Bertz CT molecular complexity index is 750. The second kappa shape index (κ2) is 7.18. The number of carbonyl (C=O) groups excluding carboxylic acids is 1. The highest BCUT2D eigenvalue weighted by molar-refractivity contribution is 5.87. The molecule has 0 aliphatic heterocycles. The van der Waals surface area contributed by atoms with Crippen LogP contribution in [0.15, 0.2) is 42.6 Å². The molecule has 8 heteroatoms. The van der Waals surface area contributed by atoms with Crippen molar-refractivity contribution in [3.05, 3.63) is 65.2 Å². The van der Waals surface area contributed by atoms with Crippen LogP contribution in [0.3, 0.4) is 0 Å². The Morgan fingerprint density at radius 1 is 1.24 bits per heavy atom. The van der Waals surface area contributed by atoms with Crippen molar-refractivity contribution in [1.29, 1.82) is 0 Å². The van der Waals surface area contributed by atoms with E-state index in [1.807, 2.05) is 5.32 Å². The van der Waals surface area contributed by atoms with E-state index >= 15 is 0 Å². The van der Waals surface area contributed by atoms with E-state index in [-0.39, 0.29) is 5.56 Å². The first-order valence-electron chi connectivity index (χ1n) is 7.46. The number of hydrogen-bond donors (Lipinski definition) is 2. The zero-order valence-corrected chi connectivity index (χ0v) is 13.3. The van der Waals surface area contributed by atoms with Crippen LogP contribution in [0, 0.1) is 5.82 Å². The summed E-state index contributed by atoms with van der Waals surface area (Å²) in [7, 11) is 0. The van der Waals surface area contributed by atoms with E-state index in [4.69, 9.17) is 0 Å². The van der Waals surface area contributed by atoms with Gasteiger partial charge in [0.25, 0.3) is 11.5 Å². The Kier molecular flexibility index (Phi) is 5.42. The van der Waals surface area contributed by atoms with Crippen LogP contribution in [-0.2, 0) is 23.4 Å². The van der Waals surface area contributed by atoms with Crippen LogP contribution < -0.4 is 5.32 Å². The fraction of sp³-hybridized carbons (Fsp3) is 0.294. The Balaban J connectivity index is 2.28. The van der Waals surface area contributed by atoms with Gasteiger partial charge < -0.3 is 10.4 Å². The molecule has 0 radical (unpaired) electrons. The molecule has 25 heavy (non-hydrogen) atoms. The third-order valence-corrected chi connectivity index (χ3v) is 3.72. The molecule has 2 N–H and O–H groups in total. The van der Waals surface area contributed by atoms with Crippen molar-refractivity contribution in [3.63, 3.8) is 0 Å². The van der Waals surface area contributed by atoms with E-state index in [9.17, 15) is 27.5 Å². The van der Waals surface area contributed by atoms with Crippen LogP contribution in [-0.4, -0.2) is 22.2 Å². The molecule has 0 spiro atoms. The molecule has 0 aliphatic rings. The largest absolute Gasteiger partial charge is 0.430 e.